The molecule has 0 aliphatic rings. The largest absolute Gasteiger partial charge is 0.457 e. The molecule has 2 aromatic rings. The Morgan fingerprint density at radius 3 is 2.64 bits per heavy atom. The van der Waals surface area contributed by atoms with Gasteiger partial charge in [0.2, 0.25) is 0 Å². The third-order valence-corrected chi connectivity index (χ3v) is 3.22. The third-order valence-electron chi connectivity index (χ3n) is 3.22. The fraction of sp³-hybridized carbons (Fsp3) is 0.211. The third kappa shape index (κ3) is 6.18. The zero-order chi connectivity index (χ0) is 18.1. The van der Waals surface area contributed by atoms with E-state index in [9.17, 15) is 10.0 Å². The molecule has 0 fully saturated rings. The average molecular weight is 340 g/mol. The molecule has 0 aliphatic heterocycles. The molecular weight excluding hydrogens is 320 g/mol. The SMILES string of the molecule is CC(C#CCOCc1cccc(Oc2ccccc2)c1)N(O)C(N)=O. The van der Waals surface area contributed by atoms with Gasteiger partial charge in [-0.05, 0) is 36.8 Å². The molecule has 25 heavy (non-hydrogen) atoms. The fourth-order valence-electron chi connectivity index (χ4n) is 1.98. The average Bonchev–Trinajstić information content (AvgIpc) is 2.61. The van der Waals surface area contributed by atoms with E-state index in [1.807, 2.05) is 54.6 Å². The Balaban J connectivity index is 1.82. The van der Waals surface area contributed by atoms with Gasteiger partial charge in [-0.15, -0.1) is 0 Å². The van der Waals surface area contributed by atoms with E-state index < -0.39 is 12.1 Å². The summed E-state index contributed by atoms with van der Waals surface area (Å²) in [5.41, 5.74) is 5.89. The summed E-state index contributed by atoms with van der Waals surface area (Å²) in [6.45, 7) is 2.09. The van der Waals surface area contributed by atoms with Crippen LogP contribution in [0.25, 0.3) is 0 Å². The molecule has 2 rings (SSSR count). The lowest BCUT2D eigenvalue weighted by atomic mass is 10.2. The summed E-state index contributed by atoms with van der Waals surface area (Å²) >= 11 is 0. The van der Waals surface area contributed by atoms with E-state index in [1.54, 1.807) is 6.92 Å². The van der Waals surface area contributed by atoms with E-state index in [2.05, 4.69) is 11.8 Å². The number of hydroxylamine groups is 2. The summed E-state index contributed by atoms with van der Waals surface area (Å²) in [6.07, 6.45) is 0. The van der Waals surface area contributed by atoms with Gasteiger partial charge in [-0.25, -0.2) is 4.79 Å². The van der Waals surface area contributed by atoms with Crippen molar-refractivity contribution in [3.63, 3.8) is 0 Å². The first-order valence-electron chi connectivity index (χ1n) is 7.72. The predicted molar refractivity (Wildman–Crippen MR) is 93.1 cm³/mol. The number of nitrogens with zero attached hydrogens (tertiary/aromatic N) is 1. The Hall–Kier alpha value is -3.01. The van der Waals surface area contributed by atoms with Crippen LogP contribution in [0.2, 0.25) is 0 Å². The molecule has 0 bridgehead atoms. The van der Waals surface area contributed by atoms with Gasteiger partial charge in [0.1, 0.15) is 24.1 Å². The number of nitrogens with two attached hydrogens (primary N) is 1. The first-order valence-corrected chi connectivity index (χ1v) is 7.72. The molecule has 6 heteroatoms. The highest BCUT2D eigenvalue weighted by molar-refractivity contribution is 5.71. The number of urea groups is 1. The van der Waals surface area contributed by atoms with Crippen molar-refractivity contribution in [3.05, 3.63) is 60.2 Å². The number of carbonyl (C=O) groups is 1. The van der Waals surface area contributed by atoms with Crippen LogP contribution in [-0.4, -0.2) is 29.0 Å². The summed E-state index contributed by atoms with van der Waals surface area (Å²) in [6, 6.07) is 15.5. The van der Waals surface area contributed by atoms with Crippen LogP contribution in [0, 0.1) is 11.8 Å². The van der Waals surface area contributed by atoms with Crippen LogP contribution >= 0.6 is 0 Å². The first-order chi connectivity index (χ1) is 12.1. The molecule has 0 saturated heterocycles. The van der Waals surface area contributed by atoms with Crippen molar-refractivity contribution in [2.24, 2.45) is 5.73 Å². The minimum absolute atomic E-state index is 0.167. The molecule has 130 valence electrons. The van der Waals surface area contributed by atoms with Gasteiger partial charge >= 0.3 is 6.03 Å². The van der Waals surface area contributed by atoms with Crippen LogP contribution in [0.15, 0.2) is 54.6 Å². The van der Waals surface area contributed by atoms with E-state index >= 15 is 0 Å². The van der Waals surface area contributed by atoms with E-state index in [0.717, 1.165) is 17.1 Å². The Bertz CT molecular complexity index is 753. The van der Waals surface area contributed by atoms with Crippen molar-refractivity contribution in [2.75, 3.05) is 6.61 Å². The lowest BCUT2D eigenvalue weighted by Crippen LogP contribution is -2.38. The maximum absolute atomic E-state index is 10.8. The molecule has 0 heterocycles. The molecule has 2 amide bonds. The number of rotatable bonds is 6. The van der Waals surface area contributed by atoms with Crippen molar-refractivity contribution < 1.29 is 19.5 Å². The summed E-state index contributed by atoms with van der Waals surface area (Å²) in [5.74, 6) is 6.90. The summed E-state index contributed by atoms with van der Waals surface area (Å²) in [5, 5.41) is 9.66. The van der Waals surface area contributed by atoms with Crippen LogP contribution in [0.3, 0.4) is 0 Å². The van der Waals surface area contributed by atoms with Crippen molar-refractivity contribution in [3.8, 4) is 23.3 Å². The molecule has 0 spiro atoms. The number of primary amides is 1. The fourth-order valence-corrected chi connectivity index (χ4v) is 1.98. The minimum atomic E-state index is -0.946. The topological polar surface area (TPSA) is 85.0 Å². The van der Waals surface area contributed by atoms with E-state index in [4.69, 9.17) is 15.2 Å². The van der Waals surface area contributed by atoms with E-state index in [1.165, 1.54) is 0 Å². The Labute approximate surface area is 146 Å². The number of hydrogen-bond acceptors (Lipinski definition) is 4. The summed E-state index contributed by atoms with van der Waals surface area (Å²) in [4.78, 5) is 10.8. The Kier molecular flexibility index (Phi) is 6.84. The highest BCUT2D eigenvalue weighted by atomic mass is 16.5. The van der Waals surface area contributed by atoms with Crippen LogP contribution in [-0.2, 0) is 11.3 Å². The highest BCUT2D eigenvalue weighted by Gasteiger charge is 2.11. The minimum Gasteiger partial charge on any atom is -0.457 e. The molecule has 1 unspecified atom stereocenters. The maximum atomic E-state index is 10.8. The predicted octanol–water partition coefficient (Wildman–Crippen LogP) is 3.16. The number of hydrogen-bond donors (Lipinski definition) is 2. The summed E-state index contributed by atoms with van der Waals surface area (Å²) in [7, 11) is 0. The highest BCUT2D eigenvalue weighted by Crippen LogP contribution is 2.21. The molecule has 6 nitrogen and oxygen atoms in total. The molecule has 0 aliphatic carbocycles. The molecular formula is C19H20N2O4. The van der Waals surface area contributed by atoms with Crippen molar-refractivity contribution in [1.82, 2.24) is 5.06 Å². The smallest absolute Gasteiger partial charge is 0.339 e. The molecule has 3 N–H and O–H groups in total. The Morgan fingerprint density at radius 2 is 1.92 bits per heavy atom. The van der Waals surface area contributed by atoms with Gasteiger partial charge < -0.3 is 15.2 Å². The van der Waals surface area contributed by atoms with Crippen LogP contribution in [0.5, 0.6) is 11.5 Å². The lowest BCUT2D eigenvalue weighted by molar-refractivity contribution is -0.0537. The second kappa shape index (κ2) is 9.33. The van der Waals surface area contributed by atoms with Gasteiger partial charge in [-0.1, -0.05) is 42.2 Å². The molecule has 0 radical (unpaired) electrons. The van der Waals surface area contributed by atoms with Crippen LogP contribution in [0.4, 0.5) is 4.79 Å². The van der Waals surface area contributed by atoms with Gasteiger partial charge in [-0.2, -0.15) is 5.06 Å². The molecule has 0 saturated carbocycles. The van der Waals surface area contributed by atoms with Crippen LogP contribution in [0.1, 0.15) is 12.5 Å². The van der Waals surface area contributed by atoms with E-state index in [0.29, 0.717) is 11.7 Å². The standard InChI is InChI=1S/C19H20N2O4/c1-15(21(23)19(20)22)7-6-12-24-14-16-8-5-11-18(13-16)25-17-9-3-2-4-10-17/h2-5,8-11,13,15,23H,12,14H2,1H3,(H2,20,22). The second-order valence-corrected chi connectivity index (χ2v) is 5.24. The van der Waals surface area contributed by atoms with Crippen molar-refractivity contribution >= 4 is 6.03 Å². The molecule has 1 atom stereocenters. The van der Waals surface area contributed by atoms with Gasteiger partial charge in [-0.3, -0.25) is 5.21 Å². The zero-order valence-electron chi connectivity index (χ0n) is 13.9. The van der Waals surface area contributed by atoms with Crippen LogP contribution < -0.4 is 10.5 Å². The molecule has 0 aromatic heterocycles. The number of carbonyl (C=O) groups excluding carboxylic acids is 1. The van der Waals surface area contributed by atoms with Gasteiger partial charge in [0.25, 0.3) is 0 Å². The maximum Gasteiger partial charge on any atom is 0.339 e. The number of ether oxygens (including phenoxy) is 2. The monoisotopic (exact) mass is 340 g/mol. The second-order valence-electron chi connectivity index (χ2n) is 5.24. The molecule has 2 aromatic carbocycles. The number of benzene rings is 2. The van der Waals surface area contributed by atoms with E-state index in [-0.39, 0.29) is 6.61 Å². The van der Waals surface area contributed by atoms with Crippen molar-refractivity contribution in [1.29, 1.82) is 0 Å². The first kappa shape index (κ1) is 18.3. The lowest BCUT2D eigenvalue weighted by Gasteiger charge is -2.14. The van der Waals surface area contributed by atoms with Gasteiger partial charge in [0.15, 0.2) is 0 Å². The summed E-state index contributed by atoms with van der Waals surface area (Å²) < 4.78 is 11.2. The number of amides is 2. The Morgan fingerprint density at radius 1 is 1.20 bits per heavy atom. The van der Waals surface area contributed by atoms with Crippen molar-refractivity contribution in [2.45, 2.75) is 19.6 Å². The van der Waals surface area contributed by atoms with Gasteiger partial charge in [0, 0.05) is 0 Å². The number of para-hydroxylation sites is 1. The normalized spacial score (nSPS) is 11.1. The zero-order valence-corrected chi connectivity index (χ0v) is 13.9. The quantitative estimate of drug-likeness (QED) is 0.366. The van der Waals surface area contributed by atoms with Gasteiger partial charge in [0.05, 0.1) is 6.61 Å².